The molecule has 4 fully saturated rings. The van der Waals surface area contributed by atoms with Crippen molar-refractivity contribution >= 4 is 50.5 Å². The van der Waals surface area contributed by atoms with Crippen LogP contribution in [-0.2, 0) is 35.8 Å². The number of pyridine rings is 1. The molecular weight excluding hydrogens is 1170 g/mol. The van der Waals surface area contributed by atoms with Gasteiger partial charge in [-0.15, -0.1) is 5.10 Å². The number of likely N-dealkylation sites (tertiary alicyclic amines) is 1. The van der Waals surface area contributed by atoms with Crippen molar-refractivity contribution in [2.24, 2.45) is 24.3 Å². The monoisotopic (exact) mass is 1260 g/mol. The first-order chi connectivity index (χ1) is 43.7. The van der Waals surface area contributed by atoms with Gasteiger partial charge in [0.2, 0.25) is 11.8 Å². The molecule has 9 heterocycles. The van der Waals surface area contributed by atoms with E-state index in [1.165, 1.54) is 63.9 Å². The molecule has 6 aromatic heterocycles. The number of fused-ring (bicyclic) bond motifs is 6. The first-order valence-corrected chi connectivity index (χ1v) is 32.7. The average molecular weight is 1260 g/mol. The Kier molecular flexibility index (Phi) is 19.2. The van der Waals surface area contributed by atoms with Gasteiger partial charge in [0.1, 0.15) is 30.2 Å². The van der Waals surface area contributed by atoms with Gasteiger partial charge in [-0.25, -0.2) is 13.5 Å². The Hall–Kier alpha value is -7.60. The number of ether oxygens (including phenoxy) is 1. The van der Waals surface area contributed by atoms with Crippen molar-refractivity contribution in [1.29, 1.82) is 0 Å². The first kappa shape index (κ1) is 64.9. The lowest BCUT2D eigenvalue weighted by molar-refractivity contribution is -0.142. The lowest BCUT2D eigenvalue weighted by Crippen LogP contribution is -2.51. The van der Waals surface area contributed by atoms with Gasteiger partial charge in [-0.2, -0.15) is 33.3 Å². The van der Waals surface area contributed by atoms with E-state index in [0.29, 0.717) is 70.6 Å². The maximum atomic E-state index is 14.7. The second-order valence-corrected chi connectivity index (χ2v) is 25.9. The number of halogens is 5. The van der Waals surface area contributed by atoms with Crippen LogP contribution in [0.25, 0.3) is 55.4 Å². The summed E-state index contributed by atoms with van der Waals surface area (Å²) in [5.41, 5.74) is 3.13. The molecule has 1 aliphatic carbocycles. The number of alkyl halides is 5. The number of carbonyl (C=O) groups is 2. The van der Waals surface area contributed by atoms with Gasteiger partial charge in [0.15, 0.2) is 0 Å². The topological polar surface area (TPSA) is 215 Å². The number of hydrogen-bond donors (Lipinski definition) is 4. The number of nitrogens with one attached hydrogen (secondary N) is 3. The van der Waals surface area contributed by atoms with Crippen LogP contribution in [0.2, 0.25) is 0 Å². The Bertz CT molecular complexity index is 3850. The van der Waals surface area contributed by atoms with E-state index in [2.05, 4.69) is 65.0 Å². The Morgan fingerprint density at radius 2 is 1.69 bits per heavy atom. The molecule has 12 rings (SSSR count). The van der Waals surface area contributed by atoms with Crippen LogP contribution in [0.4, 0.5) is 27.8 Å². The molecule has 8 aromatic rings. The van der Waals surface area contributed by atoms with E-state index < -0.39 is 41.2 Å². The van der Waals surface area contributed by atoms with Crippen molar-refractivity contribution in [2.75, 3.05) is 37.7 Å². The van der Waals surface area contributed by atoms with Crippen LogP contribution < -0.4 is 20.3 Å². The van der Waals surface area contributed by atoms with Crippen molar-refractivity contribution in [2.45, 2.75) is 187 Å². The molecule has 19 nitrogen and oxygen atoms in total. The molecule has 24 heteroatoms. The normalized spacial score (nSPS) is 20.6. The molecular formula is C67H86F5N15O4. The summed E-state index contributed by atoms with van der Waals surface area (Å²) < 4.78 is 83.8. The highest BCUT2D eigenvalue weighted by molar-refractivity contribution is 6.17. The number of piperazine rings is 1. The highest BCUT2D eigenvalue weighted by Gasteiger charge is 2.70. The van der Waals surface area contributed by atoms with E-state index in [-0.39, 0.29) is 78.7 Å². The van der Waals surface area contributed by atoms with Gasteiger partial charge >= 0.3 is 12.2 Å². The van der Waals surface area contributed by atoms with Gasteiger partial charge < -0.3 is 34.8 Å². The third-order valence-electron chi connectivity index (χ3n) is 19.5. The highest BCUT2D eigenvalue weighted by Crippen LogP contribution is 2.62. The molecule has 2 bridgehead atoms. The number of anilines is 1. The molecule has 4 N–H and O–H groups in total. The molecule has 1 saturated carbocycles. The summed E-state index contributed by atoms with van der Waals surface area (Å²) in [6, 6.07) is 11.8. The van der Waals surface area contributed by atoms with Crippen LogP contribution in [-0.4, -0.2) is 133 Å². The number of H-pyrrole nitrogens is 1. The van der Waals surface area contributed by atoms with Gasteiger partial charge in [-0.3, -0.25) is 24.4 Å². The van der Waals surface area contributed by atoms with Crippen LogP contribution in [0, 0.1) is 24.2 Å². The van der Waals surface area contributed by atoms with E-state index in [1.54, 1.807) is 40.4 Å². The molecule has 2 amide bonds. The zero-order chi connectivity index (χ0) is 64.5. The zero-order valence-electron chi connectivity index (χ0n) is 53.5. The summed E-state index contributed by atoms with van der Waals surface area (Å²) in [5, 5.41) is 38.5. The molecule has 3 aliphatic heterocycles. The summed E-state index contributed by atoms with van der Waals surface area (Å²) in [4.78, 5) is 45.5. The Morgan fingerprint density at radius 1 is 0.934 bits per heavy atom. The molecule has 4 aliphatic rings. The second kappa shape index (κ2) is 26.9. The van der Waals surface area contributed by atoms with E-state index in [9.17, 15) is 36.6 Å². The lowest BCUT2D eigenvalue weighted by Gasteiger charge is -2.34. The van der Waals surface area contributed by atoms with Crippen molar-refractivity contribution in [1.82, 2.24) is 70.0 Å². The molecule has 7 atom stereocenters. The molecule has 488 valence electrons. The minimum absolute atomic E-state index is 0.0269. The third-order valence-corrected chi connectivity index (χ3v) is 19.5. The fourth-order valence-corrected chi connectivity index (χ4v) is 14.3. The number of carbonyl (C=O) groups excluding carboxylic acids is 2. The molecule has 91 heavy (non-hydrogen) atoms. The Balaban J connectivity index is 0.000000187. The van der Waals surface area contributed by atoms with E-state index in [4.69, 9.17) is 9.72 Å². The summed E-state index contributed by atoms with van der Waals surface area (Å²) in [7, 11) is 1.72. The van der Waals surface area contributed by atoms with Crippen molar-refractivity contribution < 1.29 is 41.4 Å². The van der Waals surface area contributed by atoms with Crippen LogP contribution >= 0.6 is 0 Å². The predicted molar refractivity (Wildman–Crippen MR) is 339 cm³/mol. The minimum atomic E-state index is -4.66. The number of unbranched alkanes of at least 4 members (excludes halogenated alkanes) is 2. The maximum Gasteiger partial charge on any atom is 0.417 e. The summed E-state index contributed by atoms with van der Waals surface area (Å²) in [6.45, 7) is 15.8. The van der Waals surface area contributed by atoms with Crippen LogP contribution in [0.1, 0.15) is 159 Å². The number of nitrogens with zero attached hydrogens (tertiary/aromatic N) is 12. The average Bonchev–Trinajstić information content (AvgIpc) is 1.60. The second-order valence-electron chi connectivity index (χ2n) is 25.9. The fourth-order valence-electron chi connectivity index (χ4n) is 14.3. The number of rotatable bonds is 24. The van der Waals surface area contributed by atoms with E-state index in [1.807, 2.05) is 62.0 Å². The van der Waals surface area contributed by atoms with Gasteiger partial charge in [-0.1, -0.05) is 103 Å². The van der Waals surface area contributed by atoms with Crippen molar-refractivity contribution in [3.63, 3.8) is 0 Å². The number of aromatic nitrogens is 11. The third kappa shape index (κ3) is 13.1. The fraction of sp³-hybridized carbons (Fsp3) is 0.567. The van der Waals surface area contributed by atoms with Crippen molar-refractivity contribution in [3.8, 4) is 28.5 Å². The molecule has 0 radical (unpaired) electrons. The van der Waals surface area contributed by atoms with Gasteiger partial charge in [-0.05, 0) is 106 Å². The number of aliphatic hydroxyl groups is 1. The largest absolute Gasteiger partial charge is 0.463 e. The Labute approximate surface area is 527 Å². The van der Waals surface area contributed by atoms with Crippen molar-refractivity contribution in [3.05, 3.63) is 89.6 Å². The zero-order valence-corrected chi connectivity index (χ0v) is 53.5. The SMILES string of the molecule is CCCCCC(CCC)CCc1cn(C(C(=O)N2CCCC2C(=O)NC(CO)c2ccc(-c3ccnn3CC)cc2)C(C)C)nn1.CC[C@@]1(COc2nc(N3CC4CCC(C3)N4)c3c4ccnc(-c5c(C(F)(F)F)c(C)cc6[nH]ncc56)c4n(C)c3n2)CC1(F)F. The molecule has 6 unspecified atom stereocenters. The molecule has 0 spiro atoms. The number of aryl methyl sites for hydroxylation is 4. The van der Waals surface area contributed by atoms with Gasteiger partial charge in [0.05, 0.1) is 63.3 Å². The number of benzene rings is 2. The predicted octanol–water partition coefficient (Wildman–Crippen LogP) is 12.3. The molecule has 2 aromatic carbocycles. The van der Waals surface area contributed by atoms with Crippen LogP contribution in [0.5, 0.6) is 6.01 Å². The number of aliphatic hydroxyl groups excluding tert-OH is 1. The van der Waals surface area contributed by atoms with Crippen LogP contribution in [0.3, 0.4) is 0 Å². The van der Waals surface area contributed by atoms with Gasteiger partial charge in [0, 0.05) is 86.7 Å². The number of amides is 2. The standard InChI is InChI=1S/C36H55N7O3.C31H31F5N8O/c1-6-9-10-13-27(12-7-2)15-20-30-24-43(40-39-30)34(26(4)5)36(46)41-23-11-14-33(41)35(45)38-31(25-44)28-16-18-29(19-17-28)32-21-22-37-42(32)8-3;1-4-29(13-30(29,32)33)14-45-28-40-26-22(27(41-28)44-11-16-5-6-17(12-44)39-16)18-7-8-37-24(25(18)43(26)3)21-19-10-38-42-20(19)9-15(2)23(21)31(34,35)36/h16-19,21-22,24,26-27,31,33-34,44H,6-15,20,23,25H2,1-5H3,(H,38,45);7-10,16-17,39H,4-6,11-14H2,1-3H3,(H,38,42)/t;16?,17?,29-/m.0/s1. The van der Waals surface area contributed by atoms with E-state index in [0.717, 1.165) is 61.2 Å². The maximum absolute atomic E-state index is 14.7. The lowest BCUT2D eigenvalue weighted by atomic mass is 9.91. The first-order valence-electron chi connectivity index (χ1n) is 32.7. The minimum Gasteiger partial charge on any atom is -0.463 e. The summed E-state index contributed by atoms with van der Waals surface area (Å²) in [5.74, 6) is -1.93. The number of aromatic amines is 1. The number of hydrogen-bond acceptors (Lipinski definition) is 13. The Morgan fingerprint density at radius 3 is 2.36 bits per heavy atom. The van der Waals surface area contributed by atoms with Crippen LogP contribution in [0.15, 0.2) is 67.3 Å². The smallest absolute Gasteiger partial charge is 0.417 e. The summed E-state index contributed by atoms with van der Waals surface area (Å²) >= 11 is 0. The highest BCUT2D eigenvalue weighted by atomic mass is 19.4. The quantitative estimate of drug-likeness (QED) is 0.0328. The van der Waals surface area contributed by atoms with E-state index >= 15 is 0 Å². The molecule has 3 saturated heterocycles. The summed E-state index contributed by atoms with van der Waals surface area (Å²) in [6.07, 6.45) is 14.7. The van der Waals surface area contributed by atoms with Gasteiger partial charge in [0.25, 0.3) is 5.92 Å².